The number of ether oxygens (including phenoxy) is 2. The molecular weight excluding hydrogens is 412 g/mol. The molecule has 2 aliphatic carbocycles. The summed E-state index contributed by atoms with van der Waals surface area (Å²) in [6.07, 6.45) is 0.0650. The van der Waals surface area contributed by atoms with Crippen LogP contribution in [0.15, 0.2) is 48.5 Å². The van der Waals surface area contributed by atoms with Crippen LogP contribution in [0.5, 0.6) is 0 Å². The lowest BCUT2D eigenvalue weighted by atomic mass is 9.98. The molecule has 0 spiro atoms. The third kappa shape index (κ3) is 4.60. The summed E-state index contributed by atoms with van der Waals surface area (Å²) in [7, 11) is 1.38. The van der Waals surface area contributed by atoms with Crippen LogP contribution < -0.4 is 10.6 Å². The molecule has 2 amide bonds. The van der Waals surface area contributed by atoms with Gasteiger partial charge in [-0.1, -0.05) is 48.5 Å². The summed E-state index contributed by atoms with van der Waals surface area (Å²) in [5.74, 6) is -1.85. The minimum atomic E-state index is -1.14. The van der Waals surface area contributed by atoms with E-state index in [1.807, 2.05) is 24.3 Å². The molecule has 8 heteroatoms. The van der Waals surface area contributed by atoms with Crippen molar-refractivity contribution in [2.45, 2.75) is 18.4 Å². The van der Waals surface area contributed by atoms with E-state index in [1.54, 1.807) is 0 Å². The molecule has 168 valence electrons. The van der Waals surface area contributed by atoms with Crippen LogP contribution in [0.4, 0.5) is 4.79 Å². The molecule has 4 rings (SSSR count). The Morgan fingerprint density at radius 3 is 2.28 bits per heavy atom. The van der Waals surface area contributed by atoms with Crippen LogP contribution in [0.3, 0.4) is 0 Å². The maximum Gasteiger partial charge on any atom is 0.407 e. The van der Waals surface area contributed by atoms with Crippen LogP contribution in [0, 0.1) is 11.8 Å². The second-order valence-electron chi connectivity index (χ2n) is 8.16. The van der Waals surface area contributed by atoms with Gasteiger partial charge in [0.2, 0.25) is 5.91 Å². The molecular formula is C24H26N2O6. The highest BCUT2D eigenvalue weighted by atomic mass is 16.5. The number of rotatable bonds is 9. The van der Waals surface area contributed by atoms with Crippen LogP contribution in [0.25, 0.3) is 11.1 Å². The van der Waals surface area contributed by atoms with Crippen molar-refractivity contribution in [2.24, 2.45) is 11.8 Å². The van der Waals surface area contributed by atoms with E-state index in [0.717, 1.165) is 22.3 Å². The van der Waals surface area contributed by atoms with Crippen molar-refractivity contribution in [3.05, 3.63) is 59.7 Å². The largest absolute Gasteiger partial charge is 0.480 e. The molecule has 8 nitrogen and oxygen atoms in total. The van der Waals surface area contributed by atoms with Crippen molar-refractivity contribution < 1.29 is 29.0 Å². The number of alkyl carbamates (subject to hydrolysis) is 1. The molecule has 0 bridgehead atoms. The highest BCUT2D eigenvalue weighted by Crippen LogP contribution is 2.44. The molecule has 1 saturated carbocycles. The predicted molar refractivity (Wildman–Crippen MR) is 116 cm³/mol. The molecule has 0 heterocycles. The topological polar surface area (TPSA) is 114 Å². The van der Waals surface area contributed by atoms with E-state index < -0.39 is 18.1 Å². The number of benzene rings is 2. The number of aliphatic carboxylic acids is 1. The number of methoxy groups -OCH3 is 1. The van der Waals surface area contributed by atoms with Gasteiger partial charge in [0.25, 0.3) is 0 Å². The van der Waals surface area contributed by atoms with Crippen LogP contribution in [-0.4, -0.2) is 56.0 Å². The highest BCUT2D eigenvalue weighted by Gasteiger charge is 2.44. The smallest absolute Gasteiger partial charge is 0.407 e. The molecule has 32 heavy (non-hydrogen) atoms. The average Bonchev–Trinajstić information content (AvgIpc) is 3.51. The van der Waals surface area contributed by atoms with Crippen LogP contribution in [-0.2, 0) is 19.1 Å². The maximum absolute atomic E-state index is 12.3. The summed E-state index contributed by atoms with van der Waals surface area (Å²) in [5.41, 5.74) is 4.61. The van der Waals surface area contributed by atoms with E-state index in [2.05, 4.69) is 34.9 Å². The summed E-state index contributed by atoms with van der Waals surface area (Å²) in [6.45, 7) is 0.430. The minimum absolute atomic E-state index is 0.0127. The lowest BCUT2D eigenvalue weighted by Gasteiger charge is -2.15. The van der Waals surface area contributed by atoms with Crippen molar-refractivity contribution in [3.63, 3.8) is 0 Å². The second kappa shape index (κ2) is 9.40. The van der Waals surface area contributed by atoms with Crippen molar-refractivity contribution in [2.75, 3.05) is 26.9 Å². The summed E-state index contributed by atoms with van der Waals surface area (Å²) >= 11 is 0. The zero-order valence-electron chi connectivity index (χ0n) is 17.7. The number of hydrogen-bond donors (Lipinski definition) is 3. The molecule has 2 aromatic rings. The number of carbonyl (C=O) groups excluding carboxylic acids is 2. The highest BCUT2D eigenvalue weighted by molar-refractivity contribution is 5.87. The quantitative estimate of drug-likeness (QED) is 0.554. The molecule has 1 fully saturated rings. The van der Waals surface area contributed by atoms with Crippen LogP contribution >= 0.6 is 0 Å². The molecule has 3 atom stereocenters. The van der Waals surface area contributed by atoms with Gasteiger partial charge in [-0.25, -0.2) is 9.59 Å². The summed E-state index contributed by atoms with van der Waals surface area (Å²) < 4.78 is 10.3. The second-order valence-corrected chi connectivity index (χ2v) is 8.16. The number of carbonyl (C=O) groups is 3. The van der Waals surface area contributed by atoms with Crippen LogP contribution in [0.1, 0.15) is 23.5 Å². The van der Waals surface area contributed by atoms with Gasteiger partial charge in [-0.15, -0.1) is 0 Å². The van der Waals surface area contributed by atoms with E-state index in [4.69, 9.17) is 14.6 Å². The fourth-order valence-corrected chi connectivity index (χ4v) is 4.28. The number of carboxylic acid groups (broad SMARTS) is 1. The van der Waals surface area contributed by atoms with Crippen LogP contribution in [0.2, 0.25) is 0 Å². The Morgan fingerprint density at radius 2 is 1.69 bits per heavy atom. The van der Waals surface area contributed by atoms with Gasteiger partial charge >= 0.3 is 12.1 Å². The molecule has 0 aliphatic heterocycles. The van der Waals surface area contributed by atoms with E-state index in [-0.39, 0.29) is 36.9 Å². The first-order chi connectivity index (χ1) is 15.5. The molecule has 2 unspecified atom stereocenters. The van der Waals surface area contributed by atoms with Crippen molar-refractivity contribution >= 4 is 18.0 Å². The average molecular weight is 438 g/mol. The van der Waals surface area contributed by atoms with Gasteiger partial charge < -0.3 is 25.2 Å². The van der Waals surface area contributed by atoms with Gasteiger partial charge in [0.05, 0.1) is 6.61 Å². The Balaban J connectivity index is 1.25. The van der Waals surface area contributed by atoms with Gasteiger partial charge in [-0.3, -0.25) is 4.79 Å². The summed E-state index contributed by atoms with van der Waals surface area (Å²) in [5, 5.41) is 14.3. The standard InChI is InChI=1S/C24H26N2O6/c1-31-13-21(23(28)29)26-22(27)19-10-14(19)11-25-24(30)32-12-20-17-8-4-2-6-15(17)16-7-3-5-9-18(16)20/h2-9,14,19-21H,10-13H2,1H3,(H,25,30)(H,26,27)(H,28,29)/t14?,19?,21-/m0/s1. The van der Waals surface area contributed by atoms with Gasteiger partial charge in [0, 0.05) is 25.5 Å². The van der Waals surface area contributed by atoms with Crippen molar-refractivity contribution in [1.82, 2.24) is 10.6 Å². The SMILES string of the molecule is COC[C@H](NC(=O)C1CC1CNC(=O)OCC1c2ccccc2-c2ccccc21)C(=O)O. The lowest BCUT2D eigenvalue weighted by molar-refractivity contribution is -0.143. The Morgan fingerprint density at radius 1 is 1.06 bits per heavy atom. The third-order valence-electron chi connectivity index (χ3n) is 6.06. The number of fused-ring (bicyclic) bond motifs is 3. The van der Waals surface area contributed by atoms with E-state index >= 15 is 0 Å². The Hall–Kier alpha value is -3.39. The number of carboxylic acids is 1. The fraction of sp³-hybridized carbons (Fsp3) is 0.375. The Labute approximate surface area is 185 Å². The van der Waals surface area contributed by atoms with E-state index in [0.29, 0.717) is 13.0 Å². The van der Waals surface area contributed by atoms with E-state index in [9.17, 15) is 14.4 Å². The molecule has 0 radical (unpaired) electrons. The van der Waals surface area contributed by atoms with Gasteiger partial charge in [0.1, 0.15) is 6.61 Å². The molecule has 2 aliphatic rings. The lowest BCUT2D eigenvalue weighted by Crippen LogP contribution is -2.44. The van der Waals surface area contributed by atoms with Gasteiger partial charge in [-0.2, -0.15) is 0 Å². The van der Waals surface area contributed by atoms with E-state index in [1.165, 1.54) is 7.11 Å². The summed E-state index contributed by atoms with van der Waals surface area (Å²) in [6, 6.07) is 15.2. The van der Waals surface area contributed by atoms with Gasteiger partial charge in [0.15, 0.2) is 6.04 Å². The maximum atomic E-state index is 12.3. The first-order valence-corrected chi connectivity index (χ1v) is 10.6. The molecule has 3 N–H and O–H groups in total. The van der Waals surface area contributed by atoms with Gasteiger partial charge in [-0.05, 0) is 34.6 Å². The zero-order valence-corrected chi connectivity index (χ0v) is 17.7. The zero-order chi connectivity index (χ0) is 22.7. The Kier molecular flexibility index (Phi) is 6.41. The monoisotopic (exact) mass is 438 g/mol. The molecule has 2 aromatic carbocycles. The molecule has 0 aromatic heterocycles. The minimum Gasteiger partial charge on any atom is -0.480 e. The first kappa shape index (κ1) is 21.8. The third-order valence-corrected chi connectivity index (χ3v) is 6.06. The normalized spacial score (nSPS) is 19.4. The number of amides is 2. The van der Waals surface area contributed by atoms with Crippen molar-refractivity contribution in [3.8, 4) is 11.1 Å². The summed E-state index contributed by atoms with van der Waals surface area (Å²) in [4.78, 5) is 35.6. The fourth-order valence-electron chi connectivity index (χ4n) is 4.28. The Bertz CT molecular complexity index is 978. The molecule has 0 saturated heterocycles. The first-order valence-electron chi connectivity index (χ1n) is 10.6. The van der Waals surface area contributed by atoms with Crippen molar-refractivity contribution in [1.29, 1.82) is 0 Å². The predicted octanol–water partition coefficient (Wildman–Crippen LogP) is 2.38. The number of nitrogens with one attached hydrogen (secondary N) is 2. The number of hydrogen-bond acceptors (Lipinski definition) is 5.